The fourth-order valence-electron chi connectivity index (χ4n) is 1.94. The van der Waals surface area contributed by atoms with Crippen LogP contribution in [0.1, 0.15) is 11.3 Å². The van der Waals surface area contributed by atoms with E-state index in [0.29, 0.717) is 11.6 Å². The summed E-state index contributed by atoms with van der Waals surface area (Å²) in [6.07, 6.45) is 3.41. The number of aliphatic hydroxyl groups excluding tert-OH is 1. The molecule has 3 aromatic rings. The van der Waals surface area contributed by atoms with Crippen LogP contribution < -0.4 is 4.74 Å². The highest BCUT2D eigenvalue weighted by Gasteiger charge is 2.09. The molecule has 0 unspecified atom stereocenters. The van der Waals surface area contributed by atoms with E-state index in [1.54, 1.807) is 23.0 Å². The Hall–Kier alpha value is -2.40. The normalized spacial score (nSPS) is 10.8. The molecule has 2 heterocycles. The van der Waals surface area contributed by atoms with Gasteiger partial charge in [-0.1, -0.05) is 18.2 Å². The lowest BCUT2D eigenvalue weighted by molar-refractivity contribution is 0.276. The molecule has 0 amide bonds. The zero-order valence-electron chi connectivity index (χ0n) is 10.4. The first kappa shape index (κ1) is 11.7. The molecule has 5 heteroatoms. The standard InChI is InChI=1S/C14H13N3O2/c1-10-8-12-14(15-6-7-17(12)16-10)19-13-5-3-2-4-11(13)9-18/h2-8,18H,9H2,1H3. The van der Waals surface area contributed by atoms with Gasteiger partial charge in [-0.15, -0.1) is 0 Å². The second-order valence-corrected chi connectivity index (χ2v) is 4.22. The van der Waals surface area contributed by atoms with Gasteiger partial charge in [0.1, 0.15) is 11.3 Å². The largest absolute Gasteiger partial charge is 0.437 e. The van der Waals surface area contributed by atoms with Crippen molar-refractivity contribution < 1.29 is 9.84 Å². The highest BCUT2D eigenvalue weighted by molar-refractivity contribution is 5.57. The molecule has 1 N–H and O–H groups in total. The van der Waals surface area contributed by atoms with E-state index in [2.05, 4.69) is 10.1 Å². The number of rotatable bonds is 3. The van der Waals surface area contributed by atoms with E-state index in [1.165, 1.54) is 0 Å². The zero-order chi connectivity index (χ0) is 13.2. The summed E-state index contributed by atoms with van der Waals surface area (Å²) >= 11 is 0. The second-order valence-electron chi connectivity index (χ2n) is 4.22. The van der Waals surface area contributed by atoms with Crippen molar-refractivity contribution in [3.63, 3.8) is 0 Å². The Labute approximate surface area is 110 Å². The number of fused-ring (bicyclic) bond motifs is 1. The smallest absolute Gasteiger partial charge is 0.245 e. The lowest BCUT2D eigenvalue weighted by atomic mass is 10.2. The first-order chi connectivity index (χ1) is 9.28. The van der Waals surface area contributed by atoms with Crippen LogP contribution in [-0.4, -0.2) is 19.7 Å². The van der Waals surface area contributed by atoms with Gasteiger partial charge >= 0.3 is 0 Å². The molecular formula is C14H13N3O2. The van der Waals surface area contributed by atoms with Crippen molar-refractivity contribution in [1.82, 2.24) is 14.6 Å². The molecule has 0 fully saturated rings. The molecule has 19 heavy (non-hydrogen) atoms. The number of hydrogen-bond donors (Lipinski definition) is 1. The van der Waals surface area contributed by atoms with Gasteiger partial charge in [0.05, 0.1) is 12.3 Å². The third-order valence-electron chi connectivity index (χ3n) is 2.83. The third-order valence-corrected chi connectivity index (χ3v) is 2.83. The molecule has 0 aliphatic heterocycles. The van der Waals surface area contributed by atoms with E-state index in [1.807, 2.05) is 31.2 Å². The maximum Gasteiger partial charge on any atom is 0.245 e. The molecular weight excluding hydrogens is 242 g/mol. The van der Waals surface area contributed by atoms with E-state index in [0.717, 1.165) is 16.8 Å². The van der Waals surface area contributed by atoms with Crippen molar-refractivity contribution in [2.45, 2.75) is 13.5 Å². The van der Waals surface area contributed by atoms with E-state index in [-0.39, 0.29) is 6.61 Å². The van der Waals surface area contributed by atoms with E-state index < -0.39 is 0 Å². The van der Waals surface area contributed by atoms with Crippen LogP contribution in [0.15, 0.2) is 42.7 Å². The molecule has 1 aromatic carbocycles. The Kier molecular flexibility index (Phi) is 2.89. The number of benzene rings is 1. The van der Waals surface area contributed by atoms with Crippen LogP contribution in [0, 0.1) is 6.92 Å². The first-order valence-corrected chi connectivity index (χ1v) is 5.95. The van der Waals surface area contributed by atoms with Crippen molar-refractivity contribution in [3.8, 4) is 11.6 Å². The molecule has 0 saturated carbocycles. The van der Waals surface area contributed by atoms with Crippen LogP contribution in [0.5, 0.6) is 11.6 Å². The summed E-state index contributed by atoms with van der Waals surface area (Å²) < 4.78 is 7.52. The summed E-state index contributed by atoms with van der Waals surface area (Å²) in [6, 6.07) is 9.24. The maximum atomic E-state index is 9.30. The summed E-state index contributed by atoms with van der Waals surface area (Å²) in [5, 5.41) is 13.6. The van der Waals surface area contributed by atoms with Gasteiger partial charge in [0, 0.05) is 18.0 Å². The van der Waals surface area contributed by atoms with Crippen molar-refractivity contribution in [3.05, 3.63) is 54.0 Å². The van der Waals surface area contributed by atoms with Gasteiger partial charge in [0.25, 0.3) is 0 Å². The number of nitrogens with zero attached hydrogens (tertiary/aromatic N) is 3. The molecule has 2 aromatic heterocycles. The lowest BCUT2D eigenvalue weighted by Crippen LogP contribution is -1.96. The van der Waals surface area contributed by atoms with E-state index in [4.69, 9.17) is 4.74 Å². The Morgan fingerprint density at radius 2 is 2.16 bits per heavy atom. The number of aliphatic hydroxyl groups is 1. The topological polar surface area (TPSA) is 59.7 Å². The van der Waals surface area contributed by atoms with Gasteiger partial charge in [-0.3, -0.25) is 0 Å². The summed E-state index contributed by atoms with van der Waals surface area (Å²) in [5.74, 6) is 1.08. The van der Waals surface area contributed by atoms with Gasteiger partial charge < -0.3 is 9.84 Å². The average molecular weight is 255 g/mol. The van der Waals surface area contributed by atoms with Gasteiger partial charge in [0.15, 0.2) is 0 Å². The summed E-state index contributed by atoms with van der Waals surface area (Å²) in [6.45, 7) is 1.84. The maximum absolute atomic E-state index is 9.30. The second kappa shape index (κ2) is 4.70. The Morgan fingerprint density at radius 1 is 1.32 bits per heavy atom. The Morgan fingerprint density at radius 3 is 3.00 bits per heavy atom. The van der Waals surface area contributed by atoms with E-state index >= 15 is 0 Å². The molecule has 0 saturated heterocycles. The van der Waals surface area contributed by atoms with Crippen molar-refractivity contribution in [2.75, 3.05) is 0 Å². The van der Waals surface area contributed by atoms with Gasteiger partial charge in [-0.25, -0.2) is 9.50 Å². The highest BCUT2D eigenvalue weighted by atomic mass is 16.5. The number of hydrogen-bond acceptors (Lipinski definition) is 4. The fourth-order valence-corrected chi connectivity index (χ4v) is 1.94. The predicted octanol–water partition coefficient (Wildman–Crippen LogP) is 2.32. The number of para-hydroxylation sites is 1. The number of ether oxygens (including phenoxy) is 1. The Balaban J connectivity index is 2.05. The molecule has 5 nitrogen and oxygen atoms in total. The minimum atomic E-state index is -0.0718. The molecule has 0 spiro atoms. The lowest BCUT2D eigenvalue weighted by Gasteiger charge is -2.09. The van der Waals surface area contributed by atoms with E-state index in [9.17, 15) is 5.11 Å². The molecule has 96 valence electrons. The van der Waals surface area contributed by atoms with Gasteiger partial charge in [0.2, 0.25) is 5.88 Å². The van der Waals surface area contributed by atoms with Gasteiger partial charge in [-0.05, 0) is 19.1 Å². The average Bonchev–Trinajstić information content (AvgIpc) is 2.81. The van der Waals surface area contributed by atoms with Crippen LogP contribution in [-0.2, 0) is 6.61 Å². The molecule has 0 aliphatic carbocycles. The quantitative estimate of drug-likeness (QED) is 0.780. The third kappa shape index (κ3) is 2.15. The summed E-state index contributed by atoms with van der Waals surface area (Å²) in [7, 11) is 0. The van der Waals surface area contributed by atoms with Crippen LogP contribution in [0.2, 0.25) is 0 Å². The number of aromatic nitrogens is 3. The molecule has 0 radical (unpaired) electrons. The SMILES string of the molecule is Cc1cc2c(Oc3ccccc3CO)nccn2n1. The van der Waals surface area contributed by atoms with Crippen molar-refractivity contribution in [1.29, 1.82) is 0 Å². The minimum absolute atomic E-state index is 0.0718. The molecule has 0 aliphatic rings. The molecule has 0 atom stereocenters. The van der Waals surface area contributed by atoms with Crippen LogP contribution >= 0.6 is 0 Å². The first-order valence-electron chi connectivity index (χ1n) is 5.95. The van der Waals surface area contributed by atoms with Crippen LogP contribution in [0.4, 0.5) is 0 Å². The Bertz CT molecular complexity index is 722. The summed E-state index contributed by atoms with van der Waals surface area (Å²) in [5.41, 5.74) is 2.42. The van der Waals surface area contributed by atoms with Gasteiger partial charge in [-0.2, -0.15) is 5.10 Å². The molecule has 0 bridgehead atoms. The number of aryl methyl sites for hydroxylation is 1. The monoisotopic (exact) mass is 255 g/mol. The fraction of sp³-hybridized carbons (Fsp3) is 0.143. The van der Waals surface area contributed by atoms with Crippen molar-refractivity contribution >= 4 is 5.52 Å². The van der Waals surface area contributed by atoms with Crippen LogP contribution in [0.25, 0.3) is 5.52 Å². The van der Waals surface area contributed by atoms with Crippen molar-refractivity contribution in [2.24, 2.45) is 0 Å². The molecule has 3 rings (SSSR count). The highest BCUT2D eigenvalue weighted by Crippen LogP contribution is 2.27. The minimum Gasteiger partial charge on any atom is -0.437 e. The predicted molar refractivity (Wildman–Crippen MR) is 70.2 cm³/mol. The summed E-state index contributed by atoms with van der Waals surface area (Å²) in [4.78, 5) is 4.23. The van der Waals surface area contributed by atoms with Crippen LogP contribution in [0.3, 0.4) is 0 Å². The zero-order valence-corrected chi connectivity index (χ0v) is 10.4.